The Kier molecular flexibility index (Phi) is 7.96. The Bertz CT molecular complexity index is 653. The molecule has 5 nitrogen and oxygen atoms in total. The number of sulfonamides is 2. The van der Waals surface area contributed by atoms with Crippen LogP contribution in [0, 0.1) is 0 Å². The lowest BCUT2D eigenvalue weighted by molar-refractivity contribution is -0.0505. The van der Waals surface area contributed by atoms with Gasteiger partial charge in [-0.3, -0.25) is 0 Å². The first-order valence-corrected chi connectivity index (χ1v) is 13.3. The van der Waals surface area contributed by atoms with Crippen molar-refractivity contribution >= 4 is 30.3 Å². The van der Waals surface area contributed by atoms with Gasteiger partial charge in [-0.05, 0) is 39.6 Å². The summed E-state index contributed by atoms with van der Waals surface area (Å²) in [5.74, 6) is -0.870. The molecule has 0 aromatic carbocycles. The van der Waals surface area contributed by atoms with Crippen molar-refractivity contribution in [2.45, 2.75) is 62.9 Å². The van der Waals surface area contributed by atoms with E-state index in [-0.39, 0.29) is 36.5 Å². The monoisotopic (exact) mass is 467 g/mol. The van der Waals surface area contributed by atoms with Crippen LogP contribution in [0.1, 0.15) is 51.9 Å². The number of nitrogens with zero attached hydrogens (tertiary/aromatic N) is 1. The number of unbranched alkanes of at least 4 members (excludes halogenated alkanes) is 3. The second-order valence-corrected chi connectivity index (χ2v) is 14.1. The Morgan fingerprint density at radius 2 is 1.22 bits per heavy atom. The van der Waals surface area contributed by atoms with E-state index < -0.39 is 44.4 Å². The molecule has 0 spiro atoms. The molecule has 1 rings (SSSR count). The lowest BCUT2D eigenvalue weighted by Crippen LogP contribution is -2.52. The van der Waals surface area contributed by atoms with E-state index in [0.717, 1.165) is 6.42 Å². The Balaban J connectivity index is 3.57. The van der Waals surface area contributed by atoms with Crippen molar-refractivity contribution in [2.24, 2.45) is 0 Å². The molecule has 1 fully saturated rings. The minimum absolute atomic E-state index is 0.167. The van der Waals surface area contributed by atoms with Crippen LogP contribution in [0.2, 0.25) is 0 Å². The Morgan fingerprint density at radius 1 is 0.778 bits per heavy atom. The predicted octanol–water partition coefficient (Wildman–Crippen LogP) is 4.47. The summed E-state index contributed by atoms with van der Waals surface area (Å²) in [6, 6.07) is 0. The summed E-state index contributed by atoms with van der Waals surface area (Å²) in [4.78, 5) is 0. The van der Waals surface area contributed by atoms with Crippen LogP contribution in [-0.2, 0) is 20.0 Å². The number of halogens is 6. The summed E-state index contributed by atoms with van der Waals surface area (Å²) in [6.45, 7) is 1.85. The number of rotatable bonds is 8. The summed E-state index contributed by atoms with van der Waals surface area (Å²) < 4.78 is 125. The number of alkyl halides is 6. The zero-order chi connectivity index (χ0) is 21.1. The first-order valence-electron chi connectivity index (χ1n) is 8.33. The fourth-order valence-corrected chi connectivity index (χ4v) is 13.3. The van der Waals surface area contributed by atoms with Gasteiger partial charge < -0.3 is 0 Å². The van der Waals surface area contributed by atoms with Gasteiger partial charge in [-0.1, -0.05) is 32.6 Å². The van der Waals surface area contributed by atoms with Crippen LogP contribution >= 0.6 is 10.2 Å². The van der Waals surface area contributed by atoms with E-state index >= 15 is 0 Å². The van der Waals surface area contributed by atoms with Crippen molar-refractivity contribution in [3.05, 3.63) is 0 Å². The molecule has 0 unspecified atom stereocenters. The molecule has 0 radical (unpaired) electrons. The average Bonchev–Trinajstić information content (AvgIpc) is 2.50. The van der Waals surface area contributed by atoms with Crippen LogP contribution in [0.3, 0.4) is 0 Å². The molecule has 0 aliphatic carbocycles. The van der Waals surface area contributed by atoms with Crippen LogP contribution in [-0.4, -0.2) is 48.2 Å². The zero-order valence-electron chi connectivity index (χ0n) is 14.6. The third kappa shape index (κ3) is 5.24. The second kappa shape index (κ2) is 8.66. The molecule has 0 aromatic rings. The van der Waals surface area contributed by atoms with E-state index in [0.29, 0.717) is 19.3 Å². The van der Waals surface area contributed by atoms with E-state index in [1.807, 2.05) is 6.92 Å². The van der Waals surface area contributed by atoms with E-state index in [9.17, 15) is 43.2 Å². The van der Waals surface area contributed by atoms with Gasteiger partial charge in [0.15, 0.2) is 0 Å². The van der Waals surface area contributed by atoms with Gasteiger partial charge in [0, 0.05) is 0 Å². The molecule has 1 heterocycles. The molecule has 0 N–H and O–H groups in total. The fraction of sp³-hybridized carbons (Fsp3) is 1.00. The van der Waals surface area contributed by atoms with Gasteiger partial charge in [-0.2, -0.15) is 36.6 Å². The first kappa shape index (κ1) is 24.8. The van der Waals surface area contributed by atoms with E-state index in [1.165, 1.54) is 0 Å². The van der Waals surface area contributed by atoms with Gasteiger partial charge >= 0.3 is 31.1 Å². The molecule has 0 amide bonds. The van der Waals surface area contributed by atoms with Crippen molar-refractivity contribution in [1.82, 2.24) is 3.12 Å². The Hall–Kier alpha value is -0.210. The minimum atomic E-state index is -6.72. The summed E-state index contributed by atoms with van der Waals surface area (Å²) in [6.07, 6.45) is 2.90. The maximum Gasteiger partial charge on any atom is 0.513 e. The predicted molar refractivity (Wildman–Crippen MR) is 92.0 cm³/mol. The molecule has 164 valence electrons. The van der Waals surface area contributed by atoms with Crippen molar-refractivity contribution in [2.75, 3.05) is 17.3 Å². The van der Waals surface area contributed by atoms with E-state index in [4.69, 9.17) is 0 Å². The SMILES string of the molecule is CCCCCCS1(N(S(=O)(=O)C(F)(F)F)S(=O)(=O)C(F)(F)F)CCCCC1. The molecule has 1 aliphatic heterocycles. The standard InChI is InChI=1S/C13H23F6NO4S3/c1-2-3-4-6-9-25(10-7-5-8-11-25)20(26(21,22)12(14,15)16)27(23,24)13(17,18)19/h2-11H2,1H3. The molecular weight excluding hydrogens is 444 g/mol. The third-order valence-corrected chi connectivity index (χ3v) is 14.2. The van der Waals surface area contributed by atoms with Gasteiger partial charge in [0.05, 0.1) is 0 Å². The van der Waals surface area contributed by atoms with Gasteiger partial charge in [0.2, 0.25) is 0 Å². The molecule has 0 aromatic heterocycles. The van der Waals surface area contributed by atoms with E-state index in [2.05, 4.69) is 0 Å². The van der Waals surface area contributed by atoms with Crippen LogP contribution in [0.4, 0.5) is 26.3 Å². The highest BCUT2D eigenvalue weighted by Crippen LogP contribution is 2.61. The molecule has 14 heteroatoms. The maximum atomic E-state index is 13.1. The van der Waals surface area contributed by atoms with Crippen LogP contribution in [0.25, 0.3) is 0 Å². The summed E-state index contributed by atoms with van der Waals surface area (Å²) in [5, 5.41) is 0. The smallest absolute Gasteiger partial charge is 0.201 e. The summed E-state index contributed by atoms with van der Waals surface area (Å²) in [7, 11) is -16.8. The molecule has 0 bridgehead atoms. The highest BCUT2D eigenvalue weighted by molar-refractivity contribution is 8.41. The van der Waals surface area contributed by atoms with Gasteiger partial charge in [-0.15, -0.1) is 0 Å². The highest BCUT2D eigenvalue weighted by Gasteiger charge is 2.66. The van der Waals surface area contributed by atoms with Crippen molar-refractivity contribution in [3.8, 4) is 0 Å². The summed E-state index contributed by atoms with van der Waals surface area (Å²) >= 11 is 0. The van der Waals surface area contributed by atoms with Crippen LogP contribution in [0.5, 0.6) is 0 Å². The molecule has 1 aliphatic rings. The van der Waals surface area contributed by atoms with Crippen molar-refractivity contribution in [1.29, 1.82) is 0 Å². The normalized spacial score (nSPS) is 20.6. The third-order valence-electron chi connectivity index (χ3n) is 4.22. The fourth-order valence-electron chi connectivity index (χ4n) is 2.96. The molecule has 27 heavy (non-hydrogen) atoms. The molecule has 0 saturated carbocycles. The Morgan fingerprint density at radius 3 is 1.59 bits per heavy atom. The largest absolute Gasteiger partial charge is 0.513 e. The maximum absolute atomic E-state index is 13.1. The minimum Gasteiger partial charge on any atom is -0.201 e. The quantitative estimate of drug-likeness (QED) is 0.390. The topological polar surface area (TPSA) is 71.5 Å². The Labute approximate surface area is 157 Å². The van der Waals surface area contributed by atoms with Gasteiger partial charge in [0.25, 0.3) is 0 Å². The van der Waals surface area contributed by atoms with E-state index in [1.54, 1.807) is 0 Å². The lowest BCUT2D eigenvalue weighted by Gasteiger charge is -2.49. The molecule has 1 saturated heterocycles. The second-order valence-electron chi connectivity index (χ2n) is 6.30. The average molecular weight is 468 g/mol. The lowest BCUT2D eigenvalue weighted by atomic mass is 10.2. The van der Waals surface area contributed by atoms with Crippen molar-refractivity contribution in [3.63, 3.8) is 0 Å². The van der Waals surface area contributed by atoms with Gasteiger partial charge in [0.1, 0.15) is 0 Å². The molecule has 0 atom stereocenters. The zero-order valence-corrected chi connectivity index (χ0v) is 17.1. The van der Waals surface area contributed by atoms with Crippen molar-refractivity contribution < 1.29 is 43.2 Å². The summed E-state index contributed by atoms with van der Waals surface area (Å²) in [5.41, 5.74) is -12.3. The first-order chi connectivity index (χ1) is 12.1. The van der Waals surface area contributed by atoms with Crippen LogP contribution < -0.4 is 0 Å². The van der Waals surface area contributed by atoms with Gasteiger partial charge in [-0.25, -0.2) is 16.8 Å². The van der Waals surface area contributed by atoms with Crippen LogP contribution in [0.15, 0.2) is 0 Å². The number of hydrogen-bond acceptors (Lipinski definition) is 4. The molecular formula is C13H23F6NO4S3. The highest BCUT2D eigenvalue weighted by atomic mass is 32.4. The number of hydrogen-bond donors (Lipinski definition) is 0.